The predicted octanol–water partition coefficient (Wildman–Crippen LogP) is 1.47. The molecule has 0 aliphatic heterocycles. The third-order valence-corrected chi connectivity index (χ3v) is 2.79. The Morgan fingerprint density at radius 2 is 1.89 bits per heavy atom. The molecule has 1 unspecified atom stereocenters. The van der Waals surface area contributed by atoms with Gasteiger partial charge in [-0.3, -0.25) is 11.3 Å². The Labute approximate surface area is 115 Å². The van der Waals surface area contributed by atoms with Crippen LogP contribution < -0.4 is 16.0 Å². The Morgan fingerprint density at radius 1 is 1.21 bits per heavy atom. The van der Waals surface area contributed by atoms with Crippen molar-refractivity contribution in [3.63, 3.8) is 0 Å². The highest BCUT2D eigenvalue weighted by Gasteiger charge is 2.21. The van der Waals surface area contributed by atoms with Crippen LogP contribution in [0.15, 0.2) is 24.3 Å². The molecular weight excluding hydrogens is 244 g/mol. The van der Waals surface area contributed by atoms with Gasteiger partial charge in [0.25, 0.3) is 0 Å². The van der Waals surface area contributed by atoms with Gasteiger partial charge in [0.2, 0.25) is 0 Å². The van der Waals surface area contributed by atoms with E-state index >= 15 is 0 Å². The SMILES string of the molecule is CCOC(OCC)C(Cc1cccc(OC)c1)NN. The van der Waals surface area contributed by atoms with Crippen LogP contribution in [0.1, 0.15) is 19.4 Å². The molecule has 0 heterocycles. The van der Waals surface area contributed by atoms with Crippen LogP contribution in [-0.4, -0.2) is 32.7 Å². The zero-order valence-corrected chi connectivity index (χ0v) is 11.9. The predicted molar refractivity (Wildman–Crippen MR) is 74.8 cm³/mol. The Morgan fingerprint density at radius 3 is 2.42 bits per heavy atom. The maximum Gasteiger partial charge on any atom is 0.174 e. The zero-order chi connectivity index (χ0) is 14.1. The average Bonchev–Trinajstić information content (AvgIpc) is 2.45. The van der Waals surface area contributed by atoms with E-state index in [0.717, 1.165) is 11.3 Å². The largest absolute Gasteiger partial charge is 0.497 e. The molecule has 0 saturated heterocycles. The van der Waals surface area contributed by atoms with Gasteiger partial charge in [0.15, 0.2) is 6.29 Å². The standard InChI is InChI=1S/C14H24N2O3/c1-4-18-14(19-5-2)13(16-15)10-11-7-6-8-12(9-11)17-3/h6-9,13-14,16H,4-5,10,15H2,1-3H3. The van der Waals surface area contributed by atoms with Crippen LogP contribution in [0, 0.1) is 0 Å². The zero-order valence-electron chi connectivity index (χ0n) is 11.9. The lowest BCUT2D eigenvalue weighted by atomic mass is 10.1. The van der Waals surface area contributed by atoms with E-state index in [0.29, 0.717) is 19.6 Å². The van der Waals surface area contributed by atoms with Gasteiger partial charge in [-0.1, -0.05) is 12.1 Å². The van der Waals surface area contributed by atoms with Crippen LogP contribution in [0.3, 0.4) is 0 Å². The van der Waals surface area contributed by atoms with Crippen molar-refractivity contribution < 1.29 is 14.2 Å². The minimum absolute atomic E-state index is 0.105. The lowest BCUT2D eigenvalue weighted by Crippen LogP contribution is -2.48. The fourth-order valence-corrected chi connectivity index (χ4v) is 1.90. The molecule has 3 N–H and O–H groups in total. The topological polar surface area (TPSA) is 65.7 Å². The molecule has 1 aromatic rings. The quantitative estimate of drug-likeness (QED) is 0.403. The van der Waals surface area contributed by atoms with Gasteiger partial charge < -0.3 is 14.2 Å². The average molecular weight is 268 g/mol. The maximum atomic E-state index is 5.61. The molecule has 0 aromatic heterocycles. The Kier molecular flexibility index (Phi) is 7.43. The Bertz CT molecular complexity index is 354. The normalized spacial score (nSPS) is 12.7. The van der Waals surface area contributed by atoms with Crippen LogP contribution in [0.5, 0.6) is 5.75 Å². The van der Waals surface area contributed by atoms with E-state index in [9.17, 15) is 0 Å². The summed E-state index contributed by atoms with van der Waals surface area (Å²) >= 11 is 0. The van der Waals surface area contributed by atoms with Crippen molar-refractivity contribution >= 4 is 0 Å². The summed E-state index contributed by atoms with van der Waals surface area (Å²) in [6.45, 7) is 5.04. The van der Waals surface area contributed by atoms with Crippen molar-refractivity contribution in [1.29, 1.82) is 0 Å². The fourth-order valence-electron chi connectivity index (χ4n) is 1.90. The highest BCUT2D eigenvalue weighted by Crippen LogP contribution is 2.16. The first-order valence-corrected chi connectivity index (χ1v) is 6.57. The summed E-state index contributed by atoms with van der Waals surface area (Å²) < 4.78 is 16.3. The minimum Gasteiger partial charge on any atom is -0.497 e. The van der Waals surface area contributed by atoms with Crippen LogP contribution in [0.25, 0.3) is 0 Å². The number of nitrogens with two attached hydrogens (primary N) is 1. The van der Waals surface area contributed by atoms with Gasteiger partial charge in [-0.05, 0) is 38.0 Å². The molecule has 5 heteroatoms. The van der Waals surface area contributed by atoms with E-state index < -0.39 is 0 Å². The number of rotatable bonds is 9. The summed E-state index contributed by atoms with van der Waals surface area (Å²) in [5, 5.41) is 0. The van der Waals surface area contributed by atoms with E-state index in [4.69, 9.17) is 20.1 Å². The number of hydrogen-bond acceptors (Lipinski definition) is 5. The second-order valence-electron chi connectivity index (χ2n) is 4.11. The molecule has 0 radical (unpaired) electrons. The number of nitrogens with one attached hydrogen (secondary N) is 1. The van der Waals surface area contributed by atoms with Crippen molar-refractivity contribution in [2.24, 2.45) is 5.84 Å². The molecule has 1 atom stereocenters. The molecule has 0 aliphatic rings. The molecule has 0 fully saturated rings. The van der Waals surface area contributed by atoms with Crippen molar-refractivity contribution in [1.82, 2.24) is 5.43 Å². The highest BCUT2D eigenvalue weighted by atomic mass is 16.7. The van der Waals surface area contributed by atoms with Crippen LogP contribution in [0.4, 0.5) is 0 Å². The molecule has 1 rings (SSSR count). The monoisotopic (exact) mass is 268 g/mol. The van der Waals surface area contributed by atoms with Crippen LogP contribution >= 0.6 is 0 Å². The molecule has 1 aromatic carbocycles. The van der Waals surface area contributed by atoms with E-state index in [1.807, 2.05) is 38.1 Å². The molecule has 108 valence electrons. The molecule has 19 heavy (non-hydrogen) atoms. The van der Waals surface area contributed by atoms with E-state index in [2.05, 4.69) is 5.43 Å². The summed E-state index contributed by atoms with van der Waals surface area (Å²) in [7, 11) is 1.65. The van der Waals surface area contributed by atoms with Gasteiger partial charge in [0.1, 0.15) is 5.75 Å². The van der Waals surface area contributed by atoms with Crippen LogP contribution in [-0.2, 0) is 15.9 Å². The highest BCUT2D eigenvalue weighted by molar-refractivity contribution is 5.29. The van der Waals surface area contributed by atoms with Crippen molar-refractivity contribution in [3.05, 3.63) is 29.8 Å². The number of hydrazine groups is 1. The molecule has 0 bridgehead atoms. The number of benzene rings is 1. The first-order chi connectivity index (χ1) is 9.24. The second kappa shape index (κ2) is 8.87. The third kappa shape index (κ3) is 5.16. The smallest absolute Gasteiger partial charge is 0.174 e. The minimum atomic E-state index is -0.355. The maximum absolute atomic E-state index is 5.61. The summed E-state index contributed by atoms with van der Waals surface area (Å²) in [5.74, 6) is 6.44. The third-order valence-electron chi connectivity index (χ3n) is 2.79. The lowest BCUT2D eigenvalue weighted by Gasteiger charge is -2.26. The van der Waals surface area contributed by atoms with Gasteiger partial charge >= 0.3 is 0 Å². The second-order valence-corrected chi connectivity index (χ2v) is 4.11. The van der Waals surface area contributed by atoms with Gasteiger partial charge in [0.05, 0.1) is 13.2 Å². The molecule has 0 saturated carbocycles. The van der Waals surface area contributed by atoms with Gasteiger partial charge in [-0.25, -0.2) is 0 Å². The Balaban J connectivity index is 2.72. The summed E-state index contributed by atoms with van der Waals surface area (Å²) in [5.41, 5.74) is 3.88. The molecule has 0 aliphatic carbocycles. The Hall–Kier alpha value is -1.14. The van der Waals surface area contributed by atoms with Gasteiger partial charge in [-0.15, -0.1) is 0 Å². The molecule has 5 nitrogen and oxygen atoms in total. The van der Waals surface area contributed by atoms with E-state index in [1.165, 1.54) is 0 Å². The molecule has 0 amide bonds. The molecular formula is C14H24N2O3. The summed E-state index contributed by atoms with van der Waals surface area (Å²) in [6, 6.07) is 7.78. The van der Waals surface area contributed by atoms with Gasteiger partial charge in [0, 0.05) is 13.2 Å². The van der Waals surface area contributed by atoms with E-state index in [1.54, 1.807) is 7.11 Å². The van der Waals surface area contributed by atoms with E-state index in [-0.39, 0.29) is 12.3 Å². The first kappa shape index (κ1) is 15.9. The summed E-state index contributed by atoms with van der Waals surface area (Å²) in [4.78, 5) is 0. The van der Waals surface area contributed by atoms with Crippen molar-refractivity contribution in [3.8, 4) is 5.75 Å². The number of hydrogen-bond donors (Lipinski definition) is 2. The van der Waals surface area contributed by atoms with Crippen molar-refractivity contribution in [2.75, 3.05) is 20.3 Å². The fraction of sp³-hybridized carbons (Fsp3) is 0.571. The number of ether oxygens (including phenoxy) is 3. The first-order valence-electron chi connectivity index (χ1n) is 6.57. The van der Waals surface area contributed by atoms with Gasteiger partial charge in [-0.2, -0.15) is 0 Å². The van der Waals surface area contributed by atoms with Crippen LogP contribution in [0.2, 0.25) is 0 Å². The lowest BCUT2D eigenvalue weighted by molar-refractivity contribution is -0.153. The molecule has 0 spiro atoms. The summed E-state index contributed by atoms with van der Waals surface area (Å²) in [6.07, 6.45) is 0.351. The van der Waals surface area contributed by atoms with Crippen molar-refractivity contribution in [2.45, 2.75) is 32.6 Å². The number of methoxy groups -OCH3 is 1.